The highest BCUT2D eigenvalue weighted by molar-refractivity contribution is 6.62. The Balaban J connectivity index is 2.08. The molecule has 1 heterocycles. The quantitative estimate of drug-likeness (QED) is 0.520. The van der Waals surface area contributed by atoms with E-state index in [4.69, 9.17) is 18.8 Å². The fourth-order valence-electron chi connectivity index (χ4n) is 3.01. The summed E-state index contributed by atoms with van der Waals surface area (Å²) in [5.74, 6) is 0. The predicted octanol–water partition coefficient (Wildman–Crippen LogP) is 2.78. The van der Waals surface area contributed by atoms with Crippen LogP contribution < -0.4 is 10.8 Å². The highest BCUT2D eigenvalue weighted by Crippen LogP contribution is 2.36. The molecule has 0 unspecified atom stereocenters. The van der Waals surface area contributed by atoms with Crippen LogP contribution in [-0.2, 0) is 25.2 Å². The molecule has 2 atom stereocenters. The number of carbonyl (C=O) groups excluding carboxylic acids is 1. The molecule has 30 heavy (non-hydrogen) atoms. The summed E-state index contributed by atoms with van der Waals surface area (Å²) in [4.78, 5) is 12.2. The second-order valence-electron chi connectivity index (χ2n) is 9.63. The highest BCUT2D eigenvalue weighted by Gasteiger charge is 2.51. The molecule has 0 radical (unpaired) electrons. The topological polar surface area (TPSA) is 86.3 Å². The first-order valence-electron chi connectivity index (χ1n) is 10.5. The van der Waals surface area contributed by atoms with E-state index >= 15 is 0 Å². The van der Waals surface area contributed by atoms with E-state index in [2.05, 4.69) is 5.32 Å². The van der Waals surface area contributed by atoms with Crippen LogP contribution in [0.2, 0.25) is 0 Å². The Morgan fingerprint density at radius 2 is 1.67 bits per heavy atom. The van der Waals surface area contributed by atoms with Crippen molar-refractivity contribution in [3.8, 4) is 0 Å². The zero-order chi connectivity index (χ0) is 22.7. The zero-order valence-electron chi connectivity index (χ0n) is 19.4. The van der Waals surface area contributed by atoms with Gasteiger partial charge in [-0.15, -0.1) is 0 Å². The van der Waals surface area contributed by atoms with Crippen molar-refractivity contribution in [1.29, 1.82) is 0 Å². The van der Waals surface area contributed by atoms with E-state index in [0.717, 1.165) is 11.0 Å². The Kier molecular flexibility index (Phi) is 7.61. The molecule has 8 heteroatoms. The average molecular weight is 421 g/mol. The third kappa shape index (κ3) is 6.44. The lowest BCUT2D eigenvalue weighted by atomic mass is 9.78. The zero-order valence-corrected chi connectivity index (χ0v) is 19.4. The Labute approximate surface area is 180 Å². The van der Waals surface area contributed by atoms with Crippen LogP contribution in [0.4, 0.5) is 4.79 Å². The molecule has 1 saturated heterocycles. The first-order valence-corrected chi connectivity index (χ1v) is 10.5. The molecule has 0 bridgehead atoms. The molecule has 168 valence electrons. The maximum absolute atomic E-state index is 12.2. The number of carbonyl (C=O) groups is 1. The SMILES string of the molecule is CCO[C@H](O)[C@H](Cc1ccc(B2OC(C)(C)C(C)(C)O2)cc1)NC(=O)OC(C)(C)C. The lowest BCUT2D eigenvalue weighted by molar-refractivity contribution is -0.115. The van der Waals surface area contributed by atoms with Gasteiger partial charge in [-0.2, -0.15) is 0 Å². The number of alkyl carbamates (subject to hydrolysis) is 1. The Bertz CT molecular complexity index is 697. The second kappa shape index (κ2) is 9.26. The van der Waals surface area contributed by atoms with Crippen LogP contribution >= 0.6 is 0 Å². The fraction of sp³-hybridized carbons (Fsp3) is 0.682. The predicted molar refractivity (Wildman–Crippen MR) is 117 cm³/mol. The lowest BCUT2D eigenvalue weighted by Gasteiger charge is -2.32. The van der Waals surface area contributed by atoms with E-state index in [-0.39, 0.29) is 0 Å². The van der Waals surface area contributed by atoms with Gasteiger partial charge in [-0.3, -0.25) is 0 Å². The van der Waals surface area contributed by atoms with Crippen LogP contribution in [0.3, 0.4) is 0 Å². The van der Waals surface area contributed by atoms with Gasteiger partial charge in [0.25, 0.3) is 0 Å². The number of hydrogen-bond donors (Lipinski definition) is 2. The molecule has 0 spiro atoms. The maximum atomic E-state index is 12.2. The molecule has 2 N–H and O–H groups in total. The molecule has 1 aliphatic heterocycles. The van der Waals surface area contributed by atoms with Crippen molar-refractivity contribution in [1.82, 2.24) is 5.32 Å². The molecular weight excluding hydrogens is 385 g/mol. The molecule has 1 fully saturated rings. The summed E-state index contributed by atoms with van der Waals surface area (Å²) in [6.45, 7) is 15.5. The molecule has 1 aromatic rings. The third-order valence-corrected chi connectivity index (χ3v) is 5.34. The minimum Gasteiger partial charge on any atom is -0.444 e. The van der Waals surface area contributed by atoms with E-state index in [1.165, 1.54) is 0 Å². The van der Waals surface area contributed by atoms with E-state index in [9.17, 15) is 9.90 Å². The van der Waals surface area contributed by atoms with E-state index in [1.54, 1.807) is 27.7 Å². The van der Waals surface area contributed by atoms with Crippen LogP contribution in [0.5, 0.6) is 0 Å². The average Bonchev–Trinajstić information content (AvgIpc) is 2.81. The van der Waals surface area contributed by atoms with Gasteiger partial charge in [-0.1, -0.05) is 24.3 Å². The summed E-state index contributed by atoms with van der Waals surface area (Å²) in [5, 5.41) is 13.0. The smallest absolute Gasteiger partial charge is 0.444 e. The van der Waals surface area contributed by atoms with Crippen molar-refractivity contribution >= 4 is 18.7 Å². The Morgan fingerprint density at radius 1 is 1.13 bits per heavy atom. The number of amides is 1. The minimum atomic E-state index is -1.15. The molecule has 7 nitrogen and oxygen atoms in total. The van der Waals surface area contributed by atoms with E-state index in [1.807, 2.05) is 52.0 Å². The summed E-state index contributed by atoms with van der Waals surface area (Å²) < 4.78 is 22.8. The van der Waals surface area contributed by atoms with Gasteiger partial charge >= 0.3 is 13.2 Å². The molecule has 0 saturated carbocycles. The van der Waals surface area contributed by atoms with Crippen molar-refractivity contribution < 1.29 is 28.7 Å². The number of hydrogen-bond acceptors (Lipinski definition) is 6. The van der Waals surface area contributed by atoms with Crippen molar-refractivity contribution in [2.45, 2.75) is 90.9 Å². The third-order valence-electron chi connectivity index (χ3n) is 5.34. The van der Waals surface area contributed by atoms with Crippen LogP contribution in [0.1, 0.15) is 61.0 Å². The molecule has 0 aliphatic carbocycles. The first-order chi connectivity index (χ1) is 13.7. The number of rotatable bonds is 7. The van der Waals surface area contributed by atoms with Crippen molar-refractivity contribution in [3.63, 3.8) is 0 Å². The van der Waals surface area contributed by atoms with Gasteiger partial charge in [-0.05, 0) is 72.8 Å². The van der Waals surface area contributed by atoms with Crippen molar-refractivity contribution in [2.75, 3.05) is 6.61 Å². The number of aliphatic hydroxyl groups excluding tert-OH is 1. The van der Waals surface area contributed by atoms with Crippen molar-refractivity contribution in [2.24, 2.45) is 0 Å². The van der Waals surface area contributed by atoms with Gasteiger partial charge in [0.15, 0.2) is 6.29 Å². The Hall–Kier alpha value is -1.61. The van der Waals surface area contributed by atoms with E-state index in [0.29, 0.717) is 13.0 Å². The molecule has 1 amide bonds. The standard InChI is InChI=1S/C22H36BNO6/c1-9-27-18(25)17(24-19(26)28-20(2,3)4)14-15-10-12-16(13-11-15)23-29-21(5,6)22(7,8)30-23/h10-13,17-18,25H,9,14H2,1-8H3,(H,24,26)/t17-,18-/m0/s1. The normalized spacial score (nSPS) is 20.0. The van der Waals surface area contributed by atoms with E-state index < -0.39 is 42.3 Å². The molecular formula is C22H36BNO6. The van der Waals surface area contributed by atoms with Crippen LogP contribution in [0, 0.1) is 0 Å². The fourth-order valence-corrected chi connectivity index (χ4v) is 3.01. The second-order valence-corrected chi connectivity index (χ2v) is 9.63. The first kappa shape index (κ1) is 24.7. The number of nitrogens with one attached hydrogen (secondary N) is 1. The number of ether oxygens (including phenoxy) is 2. The highest BCUT2D eigenvalue weighted by atomic mass is 16.7. The summed E-state index contributed by atoms with van der Waals surface area (Å²) in [5.41, 5.74) is 0.408. The van der Waals surface area contributed by atoms with Crippen LogP contribution in [0.15, 0.2) is 24.3 Å². The molecule has 1 aliphatic rings. The minimum absolute atomic E-state index is 0.328. The van der Waals surface area contributed by atoms with Gasteiger partial charge in [0.2, 0.25) is 0 Å². The van der Waals surface area contributed by atoms with Gasteiger partial charge in [0.05, 0.1) is 17.2 Å². The summed E-state index contributed by atoms with van der Waals surface area (Å²) in [6, 6.07) is 7.10. The largest absolute Gasteiger partial charge is 0.494 e. The number of benzene rings is 1. The maximum Gasteiger partial charge on any atom is 0.494 e. The molecule has 2 rings (SSSR count). The monoisotopic (exact) mass is 421 g/mol. The number of aliphatic hydroxyl groups is 1. The van der Waals surface area contributed by atoms with Gasteiger partial charge in [0.1, 0.15) is 5.60 Å². The van der Waals surface area contributed by atoms with Gasteiger partial charge in [0, 0.05) is 6.61 Å². The lowest BCUT2D eigenvalue weighted by Crippen LogP contribution is -2.47. The van der Waals surface area contributed by atoms with Crippen LogP contribution in [0.25, 0.3) is 0 Å². The summed E-state index contributed by atoms with van der Waals surface area (Å²) in [6.07, 6.45) is -1.37. The van der Waals surface area contributed by atoms with Crippen LogP contribution in [-0.4, -0.2) is 54.1 Å². The Morgan fingerprint density at radius 3 is 2.13 bits per heavy atom. The molecule has 1 aromatic carbocycles. The summed E-state index contributed by atoms with van der Waals surface area (Å²) >= 11 is 0. The van der Waals surface area contributed by atoms with Gasteiger partial charge < -0.3 is 29.2 Å². The van der Waals surface area contributed by atoms with Gasteiger partial charge in [-0.25, -0.2) is 4.79 Å². The summed E-state index contributed by atoms with van der Waals surface area (Å²) in [7, 11) is -0.436. The molecule has 0 aromatic heterocycles. The van der Waals surface area contributed by atoms with Crippen molar-refractivity contribution in [3.05, 3.63) is 29.8 Å².